The van der Waals surface area contributed by atoms with Gasteiger partial charge in [-0.15, -0.1) is 11.3 Å². The minimum absolute atomic E-state index is 0.0169. The Hall–Kier alpha value is -1.77. The predicted molar refractivity (Wildman–Crippen MR) is 99.0 cm³/mol. The van der Waals surface area contributed by atoms with Gasteiger partial charge in [0.15, 0.2) is 0 Å². The van der Waals surface area contributed by atoms with E-state index in [1.54, 1.807) is 35.7 Å². The van der Waals surface area contributed by atoms with Gasteiger partial charge < -0.3 is 5.32 Å². The molecule has 1 heterocycles. The third-order valence-electron chi connectivity index (χ3n) is 3.42. The monoisotopic (exact) mass is 381 g/mol. The predicted octanol–water partition coefficient (Wildman–Crippen LogP) is 2.88. The van der Waals surface area contributed by atoms with Crippen LogP contribution in [0, 0.1) is 0 Å². The van der Waals surface area contributed by atoms with Gasteiger partial charge in [0.2, 0.25) is 10.0 Å². The number of nitrogens with zero attached hydrogens (tertiary/aromatic N) is 2. The van der Waals surface area contributed by atoms with Gasteiger partial charge >= 0.3 is 0 Å². The fourth-order valence-corrected chi connectivity index (χ4v) is 4.70. The Morgan fingerprint density at radius 3 is 2.40 bits per heavy atom. The van der Waals surface area contributed by atoms with Gasteiger partial charge in [0.05, 0.1) is 11.4 Å². The molecule has 0 atom stereocenters. The van der Waals surface area contributed by atoms with Gasteiger partial charge in [-0.1, -0.05) is 18.2 Å². The Balaban J connectivity index is 2.23. The molecule has 0 aliphatic rings. The summed E-state index contributed by atoms with van der Waals surface area (Å²) in [4.78, 5) is 16.5. The maximum Gasteiger partial charge on any atom is 0.270 e. The van der Waals surface area contributed by atoms with Crippen LogP contribution in [0.1, 0.15) is 43.2 Å². The molecular weight excluding hydrogens is 358 g/mol. The molecule has 0 radical (unpaired) electrons. The lowest BCUT2D eigenvalue weighted by atomic mass is 10.3. The van der Waals surface area contributed by atoms with E-state index >= 15 is 0 Å². The first kappa shape index (κ1) is 19.6. The number of benzene rings is 1. The van der Waals surface area contributed by atoms with Gasteiger partial charge in [-0.25, -0.2) is 13.4 Å². The maximum atomic E-state index is 12.9. The molecule has 1 amide bonds. The average Bonchev–Trinajstić information content (AvgIpc) is 3.01. The van der Waals surface area contributed by atoms with E-state index in [0.717, 1.165) is 0 Å². The molecule has 1 aromatic heterocycles. The SMILES string of the molecule is CC(C)NC(=O)c1csc(CN(C(C)C)S(=O)(=O)c2ccccc2)n1. The van der Waals surface area contributed by atoms with Crippen molar-refractivity contribution in [3.05, 3.63) is 46.4 Å². The molecule has 1 N–H and O–H groups in total. The third-order valence-corrected chi connectivity index (χ3v) is 6.29. The van der Waals surface area contributed by atoms with Crippen molar-refractivity contribution in [3.8, 4) is 0 Å². The normalized spacial score (nSPS) is 12.1. The summed E-state index contributed by atoms with van der Waals surface area (Å²) in [5.41, 5.74) is 0.314. The fraction of sp³-hybridized carbons (Fsp3) is 0.412. The van der Waals surface area contributed by atoms with E-state index in [4.69, 9.17) is 0 Å². The van der Waals surface area contributed by atoms with Crippen molar-refractivity contribution in [2.75, 3.05) is 0 Å². The van der Waals surface area contributed by atoms with Crippen LogP contribution in [0.5, 0.6) is 0 Å². The molecule has 136 valence electrons. The molecular formula is C17H23N3O3S2. The highest BCUT2D eigenvalue weighted by atomic mass is 32.2. The summed E-state index contributed by atoms with van der Waals surface area (Å²) < 4.78 is 27.2. The second-order valence-electron chi connectivity index (χ2n) is 6.21. The van der Waals surface area contributed by atoms with Crippen LogP contribution in [0.2, 0.25) is 0 Å². The van der Waals surface area contributed by atoms with E-state index in [-0.39, 0.29) is 29.4 Å². The standard InChI is InChI=1S/C17H23N3O3S2/c1-12(2)18-17(21)15-11-24-16(19-15)10-20(13(3)4)25(22,23)14-8-6-5-7-9-14/h5-9,11-13H,10H2,1-4H3,(H,18,21). The van der Waals surface area contributed by atoms with Crippen LogP contribution < -0.4 is 5.32 Å². The smallest absolute Gasteiger partial charge is 0.270 e. The summed E-state index contributed by atoms with van der Waals surface area (Å²) >= 11 is 1.28. The van der Waals surface area contributed by atoms with Crippen LogP contribution in [0.3, 0.4) is 0 Å². The number of nitrogens with one attached hydrogen (secondary N) is 1. The second-order valence-corrected chi connectivity index (χ2v) is 9.04. The second kappa shape index (κ2) is 8.07. The first-order valence-electron chi connectivity index (χ1n) is 8.04. The summed E-state index contributed by atoms with van der Waals surface area (Å²) in [6.07, 6.45) is 0. The minimum Gasteiger partial charge on any atom is -0.349 e. The summed E-state index contributed by atoms with van der Waals surface area (Å²) in [6.45, 7) is 7.52. The Labute approximate surface area is 153 Å². The van der Waals surface area contributed by atoms with Gasteiger partial charge in [-0.2, -0.15) is 4.31 Å². The fourth-order valence-electron chi connectivity index (χ4n) is 2.23. The van der Waals surface area contributed by atoms with Crippen LogP contribution in [0.15, 0.2) is 40.6 Å². The number of amides is 1. The Kier molecular flexibility index (Phi) is 6.31. The lowest BCUT2D eigenvalue weighted by Gasteiger charge is -2.25. The van der Waals surface area contributed by atoms with E-state index in [1.165, 1.54) is 15.6 Å². The quantitative estimate of drug-likeness (QED) is 0.800. The van der Waals surface area contributed by atoms with Crippen molar-refractivity contribution in [2.45, 2.75) is 51.2 Å². The van der Waals surface area contributed by atoms with E-state index in [9.17, 15) is 13.2 Å². The average molecular weight is 382 g/mol. The third kappa shape index (κ3) is 4.87. The summed E-state index contributed by atoms with van der Waals surface area (Å²) in [5, 5.41) is 5.02. The molecule has 0 aliphatic carbocycles. The number of aromatic nitrogens is 1. The van der Waals surface area contributed by atoms with E-state index in [2.05, 4.69) is 10.3 Å². The molecule has 0 spiro atoms. The van der Waals surface area contributed by atoms with Gasteiger partial charge in [0.1, 0.15) is 10.7 Å². The number of thiazole rings is 1. The zero-order chi connectivity index (χ0) is 18.6. The number of hydrogen-bond acceptors (Lipinski definition) is 5. The van der Waals surface area contributed by atoms with Crippen LogP contribution in [-0.2, 0) is 16.6 Å². The first-order chi connectivity index (χ1) is 11.7. The molecule has 2 rings (SSSR count). The minimum atomic E-state index is -3.63. The van der Waals surface area contributed by atoms with Gasteiger partial charge in [0.25, 0.3) is 5.91 Å². The topological polar surface area (TPSA) is 79.4 Å². The van der Waals surface area contributed by atoms with Crippen molar-refractivity contribution < 1.29 is 13.2 Å². The van der Waals surface area contributed by atoms with Crippen molar-refractivity contribution in [2.24, 2.45) is 0 Å². The van der Waals surface area contributed by atoms with Crippen LogP contribution in [0.25, 0.3) is 0 Å². The van der Waals surface area contributed by atoms with E-state index in [0.29, 0.717) is 10.7 Å². The Morgan fingerprint density at radius 2 is 1.84 bits per heavy atom. The van der Waals surface area contributed by atoms with Gasteiger partial charge in [-0.3, -0.25) is 4.79 Å². The molecule has 0 fully saturated rings. The first-order valence-corrected chi connectivity index (χ1v) is 10.4. The molecule has 0 aliphatic heterocycles. The number of carbonyl (C=O) groups excluding carboxylic acids is 1. The molecule has 2 aromatic rings. The largest absolute Gasteiger partial charge is 0.349 e. The molecule has 6 nitrogen and oxygen atoms in total. The van der Waals surface area contributed by atoms with Gasteiger partial charge in [-0.05, 0) is 39.8 Å². The van der Waals surface area contributed by atoms with Crippen molar-refractivity contribution in [3.63, 3.8) is 0 Å². The summed E-state index contributed by atoms with van der Waals surface area (Å²) in [7, 11) is -3.63. The van der Waals surface area contributed by atoms with Crippen LogP contribution in [0.4, 0.5) is 0 Å². The molecule has 25 heavy (non-hydrogen) atoms. The van der Waals surface area contributed by atoms with Gasteiger partial charge in [0, 0.05) is 17.5 Å². The molecule has 1 aromatic carbocycles. The molecule has 0 unspecified atom stereocenters. The van der Waals surface area contributed by atoms with Crippen molar-refractivity contribution >= 4 is 27.3 Å². The lowest BCUT2D eigenvalue weighted by Crippen LogP contribution is -2.36. The highest BCUT2D eigenvalue weighted by Crippen LogP contribution is 2.22. The van der Waals surface area contributed by atoms with Crippen molar-refractivity contribution in [1.29, 1.82) is 0 Å². The number of hydrogen-bond donors (Lipinski definition) is 1. The molecule has 0 saturated heterocycles. The Morgan fingerprint density at radius 1 is 1.20 bits per heavy atom. The summed E-state index contributed by atoms with van der Waals surface area (Å²) in [5.74, 6) is -0.250. The number of carbonyl (C=O) groups is 1. The lowest BCUT2D eigenvalue weighted by molar-refractivity contribution is 0.0938. The molecule has 0 saturated carbocycles. The zero-order valence-corrected chi connectivity index (χ0v) is 16.4. The molecule has 0 bridgehead atoms. The van der Waals surface area contributed by atoms with Crippen LogP contribution >= 0.6 is 11.3 Å². The van der Waals surface area contributed by atoms with Crippen LogP contribution in [-0.4, -0.2) is 35.7 Å². The number of rotatable bonds is 7. The highest BCUT2D eigenvalue weighted by molar-refractivity contribution is 7.89. The zero-order valence-electron chi connectivity index (χ0n) is 14.8. The summed E-state index contributed by atoms with van der Waals surface area (Å²) in [6, 6.07) is 8.11. The maximum absolute atomic E-state index is 12.9. The van der Waals surface area contributed by atoms with E-state index < -0.39 is 10.0 Å². The Bertz CT molecular complexity index is 815. The van der Waals surface area contributed by atoms with E-state index in [1.807, 2.05) is 27.7 Å². The molecule has 8 heteroatoms. The highest BCUT2D eigenvalue weighted by Gasteiger charge is 2.28. The number of sulfonamides is 1. The van der Waals surface area contributed by atoms with Crippen molar-refractivity contribution in [1.82, 2.24) is 14.6 Å².